The van der Waals surface area contributed by atoms with Crippen molar-refractivity contribution in [1.29, 1.82) is 0 Å². The maximum absolute atomic E-state index is 13.8. The predicted molar refractivity (Wildman–Crippen MR) is 156 cm³/mol. The summed E-state index contributed by atoms with van der Waals surface area (Å²) in [4.78, 5) is 44.9. The van der Waals surface area contributed by atoms with Gasteiger partial charge in [-0.1, -0.05) is 0 Å². The lowest BCUT2D eigenvalue weighted by atomic mass is 9.87. The van der Waals surface area contributed by atoms with Crippen LogP contribution in [0, 0.1) is 6.92 Å². The molecule has 11 heteroatoms. The highest BCUT2D eigenvalue weighted by atomic mass is 19.1. The summed E-state index contributed by atoms with van der Waals surface area (Å²) in [5.74, 6) is 0. The van der Waals surface area contributed by atoms with Gasteiger partial charge in [-0.15, -0.1) is 0 Å². The Morgan fingerprint density at radius 1 is 1.12 bits per heavy atom. The molecule has 0 saturated carbocycles. The molecule has 2 aromatic heterocycles. The van der Waals surface area contributed by atoms with E-state index in [9.17, 15) is 14.0 Å². The first kappa shape index (κ1) is 28.4. The highest BCUT2D eigenvalue weighted by Crippen LogP contribution is 2.37. The number of urea groups is 1. The van der Waals surface area contributed by atoms with Gasteiger partial charge in [0.15, 0.2) is 5.65 Å². The minimum atomic E-state index is -0.844. The van der Waals surface area contributed by atoms with E-state index in [0.717, 1.165) is 44.7 Å². The predicted octanol–water partition coefficient (Wildman–Crippen LogP) is 5.15. The number of carbonyl (C=O) groups is 2. The smallest absolute Gasteiger partial charge is 0.410 e. The molecule has 0 unspecified atom stereocenters. The largest absolute Gasteiger partial charge is 0.444 e. The Bertz CT molecular complexity index is 1490. The molecular weight excluding hydrogens is 539 g/mol. The second kappa shape index (κ2) is 11.2. The maximum atomic E-state index is 13.8. The summed E-state index contributed by atoms with van der Waals surface area (Å²) in [6, 6.07) is 3.74. The second-order valence-corrected chi connectivity index (χ2v) is 12.5. The zero-order valence-corrected chi connectivity index (χ0v) is 24.8. The normalized spacial score (nSPS) is 20.1. The molecule has 2 fully saturated rings. The average molecular weight is 579 g/mol. The fourth-order valence-corrected chi connectivity index (χ4v) is 6.10. The number of amides is 3. The molecule has 3 aromatic rings. The molecule has 3 aliphatic heterocycles. The fraction of sp³-hybridized carbons (Fsp3) is 0.548. The molecule has 3 aliphatic rings. The van der Waals surface area contributed by atoms with Gasteiger partial charge in [0.2, 0.25) is 0 Å². The number of aromatic nitrogens is 3. The first-order valence-electron chi connectivity index (χ1n) is 14.8. The topological polar surface area (TPSA) is 104 Å². The summed E-state index contributed by atoms with van der Waals surface area (Å²) >= 11 is 0. The summed E-state index contributed by atoms with van der Waals surface area (Å²) in [7, 11) is 0. The molecule has 0 radical (unpaired) electrons. The van der Waals surface area contributed by atoms with Crippen LogP contribution in [0.3, 0.4) is 0 Å². The first-order valence-corrected chi connectivity index (χ1v) is 14.8. The number of carbonyl (C=O) groups excluding carboxylic acids is 2. The van der Waals surface area contributed by atoms with Crippen molar-refractivity contribution in [2.75, 3.05) is 39.4 Å². The van der Waals surface area contributed by atoms with Crippen LogP contribution in [-0.4, -0.2) is 92.9 Å². The van der Waals surface area contributed by atoms with Gasteiger partial charge in [-0.25, -0.2) is 23.9 Å². The number of rotatable bonds is 2. The monoisotopic (exact) mass is 578 g/mol. The Morgan fingerprint density at radius 2 is 1.90 bits per heavy atom. The molecule has 224 valence electrons. The number of benzene rings is 1. The van der Waals surface area contributed by atoms with E-state index in [1.165, 1.54) is 0 Å². The van der Waals surface area contributed by atoms with Crippen molar-refractivity contribution in [3.05, 3.63) is 46.8 Å². The van der Waals surface area contributed by atoms with Crippen LogP contribution in [0.4, 0.5) is 14.0 Å². The number of piperidine rings is 1. The number of hydrogen-bond acceptors (Lipinski definition) is 6. The van der Waals surface area contributed by atoms with Crippen LogP contribution in [-0.2, 0) is 22.4 Å². The molecule has 2 saturated heterocycles. The summed E-state index contributed by atoms with van der Waals surface area (Å²) in [6.07, 6.45) is 3.83. The molecule has 1 aromatic carbocycles. The number of fused-ring (bicyclic) bond motifs is 2. The molecule has 1 atom stereocenters. The molecule has 3 amide bonds. The average Bonchev–Trinajstić information content (AvgIpc) is 3.35. The van der Waals surface area contributed by atoms with E-state index in [2.05, 4.69) is 22.1 Å². The zero-order valence-electron chi connectivity index (χ0n) is 24.8. The lowest BCUT2D eigenvalue weighted by Gasteiger charge is -2.40. The van der Waals surface area contributed by atoms with Crippen molar-refractivity contribution in [3.8, 4) is 11.3 Å². The number of morpholine rings is 1. The Labute approximate surface area is 245 Å². The third-order valence-corrected chi connectivity index (χ3v) is 8.33. The van der Waals surface area contributed by atoms with Crippen LogP contribution >= 0.6 is 0 Å². The lowest BCUT2D eigenvalue weighted by molar-refractivity contribution is -0.0334. The molecule has 1 N–H and O–H groups in total. The van der Waals surface area contributed by atoms with E-state index in [0.29, 0.717) is 65.2 Å². The first-order chi connectivity index (χ1) is 20.1. The van der Waals surface area contributed by atoms with Crippen molar-refractivity contribution in [3.63, 3.8) is 0 Å². The molecule has 6 rings (SSSR count). The van der Waals surface area contributed by atoms with Crippen LogP contribution < -0.4 is 0 Å². The molecular formula is C31H39FN6O4. The van der Waals surface area contributed by atoms with Gasteiger partial charge in [0.1, 0.15) is 17.3 Å². The third kappa shape index (κ3) is 5.66. The Morgan fingerprint density at radius 3 is 2.67 bits per heavy atom. The molecule has 0 aliphatic carbocycles. The van der Waals surface area contributed by atoms with E-state index in [4.69, 9.17) is 14.5 Å². The van der Waals surface area contributed by atoms with Crippen LogP contribution in [0.2, 0.25) is 0 Å². The highest BCUT2D eigenvalue weighted by Gasteiger charge is 2.36. The van der Waals surface area contributed by atoms with E-state index in [1.807, 2.05) is 38.8 Å². The summed E-state index contributed by atoms with van der Waals surface area (Å²) in [5, 5.41) is 0. The number of alkyl halides is 1. The number of likely N-dealkylation sites (tertiary alicyclic amines) is 1. The standard InChI is InChI=1S/C31H39FN6O4/c1-19-15-33-28-27(19)35-25(16-34-28)21-13-20-5-8-37(29(39)36-9-6-22(32)7-10-36)17-24(20)23(14-21)26-18-41-12-11-38(26)30(40)42-31(2,3)4/h13-16,22,26H,5-12,17-18H2,1-4H3,(H,33,34)/t26-/m0/s1. The minimum absolute atomic E-state index is 0.0641. The number of aromatic amines is 1. The van der Waals surface area contributed by atoms with Crippen molar-refractivity contribution in [1.82, 2.24) is 29.7 Å². The highest BCUT2D eigenvalue weighted by molar-refractivity contribution is 5.79. The summed E-state index contributed by atoms with van der Waals surface area (Å²) in [5.41, 5.74) is 6.60. The van der Waals surface area contributed by atoms with Crippen molar-refractivity contribution in [2.45, 2.75) is 71.3 Å². The van der Waals surface area contributed by atoms with Crippen LogP contribution in [0.1, 0.15) is 61.9 Å². The number of nitrogens with zero attached hydrogens (tertiary/aromatic N) is 5. The van der Waals surface area contributed by atoms with Gasteiger partial charge in [-0.05, 0) is 81.3 Å². The number of ether oxygens (including phenoxy) is 2. The van der Waals surface area contributed by atoms with Gasteiger partial charge in [0, 0.05) is 44.5 Å². The van der Waals surface area contributed by atoms with Gasteiger partial charge < -0.3 is 24.3 Å². The van der Waals surface area contributed by atoms with Crippen molar-refractivity contribution in [2.24, 2.45) is 0 Å². The Kier molecular flexibility index (Phi) is 7.55. The Balaban J connectivity index is 1.40. The van der Waals surface area contributed by atoms with Crippen molar-refractivity contribution >= 4 is 23.3 Å². The van der Waals surface area contributed by atoms with Crippen LogP contribution in [0.5, 0.6) is 0 Å². The van der Waals surface area contributed by atoms with E-state index < -0.39 is 23.9 Å². The zero-order chi connectivity index (χ0) is 29.6. The van der Waals surface area contributed by atoms with Gasteiger partial charge in [0.05, 0.1) is 31.1 Å². The number of hydrogen-bond donors (Lipinski definition) is 1. The molecule has 5 heterocycles. The van der Waals surface area contributed by atoms with Gasteiger partial charge in [0.25, 0.3) is 0 Å². The van der Waals surface area contributed by atoms with Crippen molar-refractivity contribution < 1.29 is 23.5 Å². The van der Waals surface area contributed by atoms with E-state index in [1.54, 1.807) is 16.0 Å². The number of H-pyrrole nitrogens is 1. The Hall–Kier alpha value is -3.73. The SMILES string of the molecule is Cc1c[nH]c2ncc(-c3cc4c(c([C@@H]5COCCN5C(=O)OC(C)(C)C)c3)CN(C(=O)N3CCC(F)CC3)CC4)nc12. The second-order valence-electron chi connectivity index (χ2n) is 12.5. The summed E-state index contributed by atoms with van der Waals surface area (Å²) in [6.45, 7) is 10.5. The van der Waals surface area contributed by atoms with Crippen LogP contribution in [0.15, 0.2) is 24.5 Å². The lowest BCUT2D eigenvalue weighted by Crippen LogP contribution is -2.49. The fourth-order valence-electron chi connectivity index (χ4n) is 6.10. The summed E-state index contributed by atoms with van der Waals surface area (Å²) < 4.78 is 25.5. The van der Waals surface area contributed by atoms with Crippen LogP contribution in [0.25, 0.3) is 22.4 Å². The molecule has 42 heavy (non-hydrogen) atoms. The maximum Gasteiger partial charge on any atom is 0.410 e. The van der Waals surface area contributed by atoms with Gasteiger partial charge in [-0.2, -0.15) is 0 Å². The van der Waals surface area contributed by atoms with Gasteiger partial charge in [-0.3, -0.25) is 4.90 Å². The van der Waals surface area contributed by atoms with Gasteiger partial charge >= 0.3 is 12.1 Å². The number of aryl methyl sites for hydroxylation is 1. The minimum Gasteiger partial charge on any atom is -0.444 e. The molecule has 0 bridgehead atoms. The molecule has 10 nitrogen and oxygen atoms in total. The number of halogens is 1. The number of nitrogens with one attached hydrogen (secondary N) is 1. The van der Waals surface area contributed by atoms with E-state index >= 15 is 0 Å². The van der Waals surface area contributed by atoms with E-state index in [-0.39, 0.29) is 6.03 Å². The third-order valence-electron chi connectivity index (χ3n) is 8.33. The quantitative estimate of drug-likeness (QED) is 0.451. The molecule has 0 spiro atoms.